The van der Waals surface area contributed by atoms with E-state index in [1.165, 1.54) is 4.90 Å². The van der Waals surface area contributed by atoms with Gasteiger partial charge in [-0.15, -0.1) is 0 Å². The minimum absolute atomic E-state index is 0.00128. The molecule has 6 heteroatoms. The van der Waals surface area contributed by atoms with Crippen molar-refractivity contribution in [3.63, 3.8) is 0 Å². The summed E-state index contributed by atoms with van der Waals surface area (Å²) in [5.41, 5.74) is -0.0544. The highest BCUT2D eigenvalue weighted by atomic mass is 19.1. The summed E-state index contributed by atoms with van der Waals surface area (Å²) in [4.78, 5) is 23.6. The van der Waals surface area contributed by atoms with Gasteiger partial charge in [-0.3, -0.25) is 9.59 Å². The zero-order valence-electron chi connectivity index (χ0n) is 9.40. The van der Waals surface area contributed by atoms with Crippen LogP contribution in [0.25, 0.3) is 0 Å². The zero-order valence-corrected chi connectivity index (χ0v) is 9.40. The third-order valence-electron chi connectivity index (χ3n) is 2.82. The van der Waals surface area contributed by atoms with Crippen LogP contribution < -0.4 is 0 Å². The number of carboxylic acid groups (broad SMARTS) is 1. The number of carbonyl (C=O) groups is 2. The van der Waals surface area contributed by atoms with Crippen molar-refractivity contribution in [3.8, 4) is 0 Å². The molecule has 1 N–H and O–H groups in total. The van der Waals surface area contributed by atoms with Crippen molar-refractivity contribution >= 4 is 11.9 Å². The van der Waals surface area contributed by atoms with E-state index in [2.05, 4.69) is 0 Å². The van der Waals surface area contributed by atoms with E-state index in [0.29, 0.717) is 19.2 Å². The number of hydrogen-bond acceptors (Lipinski definition) is 2. The Kier molecular flexibility index (Phi) is 3.27. The van der Waals surface area contributed by atoms with Crippen molar-refractivity contribution in [2.24, 2.45) is 5.92 Å². The summed E-state index contributed by atoms with van der Waals surface area (Å²) >= 11 is 0. The number of rotatable bonds is 3. The Morgan fingerprint density at radius 1 is 1.22 bits per heavy atom. The summed E-state index contributed by atoms with van der Waals surface area (Å²) in [6.45, 7) is 0.618. The van der Waals surface area contributed by atoms with Gasteiger partial charge in [0.1, 0.15) is 11.6 Å². The summed E-state index contributed by atoms with van der Waals surface area (Å²) in [5.74, 6) is -3.08. The van der Waals surface area contributed by atoms with E-state index in [1.54, 1.807) is 0 Å². The van der Waals surface area contributed by atoms with Gasteiger partial charge < -0.3 is 10.0 Å². The molecule has 1 amide bonds. The molecule has 96 valence electrons. The molecule has 0 aliphatic carbocycles. The van der Waals surface area contributed by atoms with Gasteiger partial charge in [0.2, 0.25) is 0 Å². The highest BCUT2D eigenvalue weighted by Gasteiger charge is 2.32. The highest BCUT2D eigenvalue weighted by Crippen LogP contribution is 2.22. The number of likely N-dealkylation sites (tertiary alicyclic amines) is 1. The topological polar surface area (TPSA) is 57.6 Å². The van der Waals surface area contributed by atoms with Gasteiger partial charge in [-0.2, -0.15) is 0 Å². The van der Waals surface area contributed by atoms with E-state index in [-0.39, 0.29) is 17.9 Å². The first-order valence-corrected chi connectivity index (χ1v) is 5.43. The molecule has 0 aromatic heterocycles. The Bertz CT molecular complexity index is 478. The van der Waals surface area contributed by atoms with Crippen LogP contribution >= 0.6 is 0 Å². The van der Waals surface area contributed by atoms with Gasteiger partial charge in [0.15, 0.2) is 0 Å². The van der Waals surface area contributed by atoms with Gasteiger partial charge in [0.05, 0.1) is 6.42 Å². The third kappa shape index (κ3) is 2.64. The molecule has 18 heavy (non-hydrogen) atoms. The molecule has 1 aromatic rings. The van der Waals surface area contributed by atoms with E-state index < -0.39 is 23.5 Å². The first-order valence-electron chi connectivity index (χ1n) is 5.43. The number of carboxylic acids is 1. The van der Waals surface area contributed by atoms with Crippen molar-refractivity contribution in [1.82, 2.24) is 4.90 Å². The fraction of sp³-hybridized carbons (Fsp3) is 0.333. The van der Waals surface area contributed by atoms with Crippen LogP contribution in [0.5, 0.6) is 0 Å². The molecular weight excluding hydrogens is 244 g/mol. The largest absolute Gasteiger partial charge is 0.481 e. The van der Waals surface area contributed by atoms with Crippen LogP contribution in [-0.4, -0.2) is 35.0 Å². The Morgan fingerprint density at radius 3 is 2.28 bits per heavy atom. The second kappa shape index (κ2) is 4.72. The van der Waals surface area contributed by atoms with E-state index in [4.69, 9.17) is 5.11 Å². The molecule has 1 aromatic carbocycles. The zero-order chi connectivity index (χ0) is 13.3. The molecule has 0 spiro atoms. The van der Waals surface area contributed by atoms with Gasteiger partial charge >= 0.3 is 5.97 Å². The maximum absolute atomic E-state index is 12.9. The highest BCUT2D eigenvalue weighted by molar-refractivity contribution is 5.94. The molecule has 1 heterocycles. The fourth-order valence-electron chi connectivity index (χ4n) is 1.97. The Balaban J connectivity index is 1.99. The SMILES string of the molecule is O=C(O)CC1CN(C(=O)c2cc(F)cc(F)c2)C1. The second-order valence-electron chi connectivity index (χ2n) is 4.33. The first kappa shape index (κ1) is 12.5. The molecule has 1 aliphatic heterocycles. The number of halogens is 2. The molecule has 0 unspecified atom stereocenters. The van der Waals surface area contributed by atoms with Gasteiger partial charge in [-0.25, -0.2) is 8.78 Å². The van der Waals surface area contributed by atoms with E-state index >= 15 is 0 Å². The molecule has 1 aliphatic rings. The average molecular weight is 255 g/mol. The lowest BCUT2D eigenvalue weighted by atomic mass is 9.95. The average Bonchev–Trinajstić information content (AvgIpc) is 2.20. The van der Waals surface area contributed by atoms with Gasteiger partial charge in [-0.1, -0.05) is 0 Å². The van der Waals surface area contributed by atoms with Gasteiger partial charge in [0.25, 0.3) is 5.91 Å². The van der Waals surface area contributed by atoms with Crippen LogP contribution in [0.4, 0.5) is 8.78 Å². The Morgan fingerprint density at radius 2 is 1.78 bits per heavy atom. The van der Waals surface area contributed by atoms with Crippen molar-refractivity contribution in [1.29, 1.82) is 0 Å². The Labute approximate surface area is 102 Å². The minimum Gasteiger partial charge on any atom is -0.481 e. The maximum Gasteiger partial charge on any atom is 0.303 e. The number of benzene rings is 1. The van der Waals surface area contributed by atoms with Crippen molar-refractivity contribution < 1.29 is 23.5 Å². The third-order valence-corrected chi connectivity index (χ3v) is 2.82. The van der Waals surface area contributed by atoms with Crippen LogP contribution in [0.3, 0.4) is 0 Å². The maximum atomic E-state index is 12.9. The lowest BCUT2D eigenvalue weighted by Gasteiger charge is -2.38. The van der Waals surface area contributed by atoms with Crippen LogP contribution in [0, 0.1) is 17.6 Å². The molecule has 4 nitrogen and oxygen atoms in total. The molecule has 0 radical (unpaired) electrons. The van der Waals surface area contributed by atoms with E-state index in [0.717, 1.165) is 12.1 Å². The first-order chi connectivity index (χ1) is 8.45. The van der Waals surface area contributed by atoms with Crippen molar-refractivity contribution in [3.05, 3.63) is 35.4 Å². The standard InChI is InChI=1S/C12H11F2NO3/c13-9-2-8(3-10(14)4-9)12(18)15-5-7(6-15)1-11(16)17/h2-4,7H,1,5-6H2,(H,16,17). The van der Waals surface area contributed by atoms with Crippen LogP contribution in [-0.2, 0) is 4.79 Å². The van der Waals surface area contributed by atoms with Gasteiger partial charge in [0, 0.05) is 30.6 Å². The molecule has 1 fully saturated rings. The second-order valence-corrected chi connectivity index (χ2v) is 4.33. The van der Waals surface area contributed by atoms with Crippen molar-refractivity contribution in [2.75, 3.05) is 13.1 Å². The molecule has 1 saturated heterocycles. The Hall–Kier alpha value is -1.98. The van der Waals surface area contributed by atoms with Crippen LogP contribution in [0.1, 0.15) is 16.8 Å². The number of carbonyl (C=O) groups excluding carboxylic acids is 1. The molecule has 0 saturated carbocycles. The number of hydrogen-bond donors (Lipinski definition) is 1. The van der Waals surface area contributed by atoms with Crippen LogP contribution in [0.15, 0.2) is 18.2 Å². The predicted molar refractivity (Wildman–Crippen MR) is 58.0 cm³/mol. The molecular formula is C12H11F2NO3. The summed E-state index contributed by atoms with van der Waals surface area (Å²) < 4.78 is 25.9. The lowest BCUT2D eigenvalue weighted by molar-refractivity contribution is -0.139. The van der Waals surface area contributed by atoms with E-state index in [9.17, 15) is 18.4 Å². The normalized spacial score (nSPS) is 15.3. The summed E-state index contributed by atoms with van der Waals surface area (Å²) in [5, 5.41) is 8.56. The molecule has 2 rings (SSSR count). The number of aliphatic carboxylic acids is 1. The summed E-state index contributed by atoms with van der Waals surface area (Å²) in [6.07, 6.45) is 0.00128. The quantitative estimate of drug-likeness (QED) is 0.890. The van der Waals surface area contributed by atoms with E-state index in [1.807, 2.05) is 0 Å². The minimum atomic E-state index is -0.913. The number of amides is 1. The van der Waals surface area contributed by atoms with Crippen molar-refractivity contribution in [2.45, 2.75) is 6.42 Å². The van der Waals surface area contributed by atoms with Crippen LogP contribution in [0.2, 0.25) is 0 Å². The lowest BCUT2D eigenvalue weighted by Crippen LogP contribution is -2.50. The number of nitrogens with zero attached hydrogens (tertiary/aromatic N) is 1. The smallest absolute Gasteiger partial charge is 0.303 e. The predicted octanol–water partition coefficient (Wildman–Crippen LogP) is 1.51. The fourth-order valence-corrected chi connectivity index (χ4v) is 1.97. The molecule has 0 bridgehead atoms. The molecule has 0 atom stereocenters. The summed E-state index contributed by atoms with van der Waals surface area (Å²) in [7, 11) is 0. The summed E-state index contributed by atoms with van der Waals surface area (Å²) in [6, 6.07) is 2.63. The monoisotopic (exact) mass is 255 g/mol. The van der Waals surface area contributed by atoms with Gasteiger partial charge in [-0.05, 0) is 12.1 Å².